The highest BCUT2D eigenvalue weighted by atomic mass is 35.5. The fraction of sp³-hybridized carbons (Fsp3) is 0.583. The summed E-state index contributed by atoms with van der Waals surface area (Å²) >= 11 is 0. The highest BCUT2D eigenvalue weighted by Gasteiger charge is 2.53. The van der Waals surface area contributed by atoms with Crippen LogP contribution in [0.15, 0.2) is 4.42 Å². The maximum atomic E-state index is 12.9. The zero-order valence-electron chi connectivity index (χ0n) is 11.7. The third-order valence-corrected chi connectivity index (χ3v) is 3.44. The molecule has 0 radical (unpaired) electrons. The fourth-order valence-electron chi connectivity index (χ4n) is 2.42. The van der Waals surface area contributed by atoms with Crippen molar-refractivity contribution >= 4 is 24.3 Å². The minimum atomic E-state index is -4.68. The van der Waals surface area contributed by atoms with Gasteiger partial charge in [0.2, 0.25) is 5.76 Å². The number of aliphatic carboxylic acids is 1. The standard InChI is InChI=1S/C12H13F3N2O4.ClH/c1-5-9(21-6(2)16-5)10(18)17-3-7(11(19)20)8(4-17)12(13,14)15;/h7-8H,3-4H2,1-2H3,(H,19,20);1H/t7-,8-;/m1./s1. The second-order valence-electron chi connectivity index (χ2n) is 4.95. The summed E-state index contributed by atoms with van der Waals surface area (Å²) in [4.78, 5) is 27.8. The molecule has 1 saturated heterocycles. The molecule has 1 aromatic heterocycles. The monoisotopic (exact) mass is 342 g/mol. The fourth-order valence-corrected chi connectivity index (χ4v) is 2.42. The van der Waals surface area contributed by atoms with E-state index < -0.39 is 43.0 Å². The number of carboxylic acids is 1. The van der Waals surface area contributed by atoms with Crippen LogP contribution in [0.5, 0.6) is 0 Å². The van der Waals surface area contributed by atoms with E-state index in [2.05, 4.69) is 4.98 Å². The Morgan fingerprint density at radius 1 is 1.32 bits per heavy atom. The van der Waals surface area contributed by atoms with E-state index in [0.29, 0.717) is 0 Å². The minimum absolute atomic E-state index is 0. The summed E-state index contributed by atoms with van der Waals surface area (Å²) in [5.41, 5.74) is 0.264. The van der Waals surface area contributed by atoms with Gasteiger partial charge < -0.3 is 14.4 Å². The summed E-state index contributed by atoms with van der Waals surface area (Å²) in [5, 5.41) is 8.90. The zero-order valence-corrected chi connectivity index (χ0v) is 12.5. The molecule has 1 aliphatic heterocycles. The number of hydrogen-bond acceptors (Lipinski definition) is 4. The van der Waals surface area contributed by atoms with Gasteiger partial charge in [0.1, 0.15) is 0 Å². The average molecular weight is 343 g/mol. The van der Waals surface area contributed by atoms with Gasteiger partial charge in [0, 0.05) is 20.0 Å². The van der Waals surface area contributed by atoms with Crippen molar-refractivity contribution in [2.75, 3.05) is 13.1 Å². The Morgan fingerprint density at radius 2 is 1.91 bits per heavy atom. The molecule has 0 unspecified atom stereocenters. The molecule has 0 aromatic carbocycles. The second-order valence-corrected chi connectivity index (χ2v) is 4.95. The number of hydrogen-bond donors (Lipinski definition) is 1. The normalized spacial score (nSPS) is 21.6. The molecule has 1 aliphatic rings. The molecule has 0 saturated carbocycles. The lowest BCUT2D eigenvalue weighted by atomic mass is 9.96. The van der Waals surface area contributed by atoms with Gasteiger partial charge in [-0.3, -0.25) is 9.59 Å². The first-order valence-electron chi connectivity index (χ1n) is 6.14. The van der Waals surface area contributed by atoms with Crippen LogP contribution in [-0.2, 0) is 4.79 Å². The van der Waals surface area contributed by atoms with Crippen LogP contribution in [0.2, 0.25) is 0 Å². The van der Waals surface area contributed by atoms with Gasteiger partial charge >= 0.3 is 12.1 Å². The topological polar surface area (TPSA) is 83.6 Å². The predicted molar refractivity (Wildman–Crippen MR) is 69.8 cm³/mol. The average Bonchev–Trinajstić information content (AvgIpc) is 2.91. The van der Waals surface area contributed by atoms with Gasteiger partial charge in [-0.1, -0.05) is 0 Å². The van der Waals surface area contributed by atoms with Crippen molar-refractivity contribution in [2.45, 2.75) is 20.0 Å². The molecule has 1 N–H and O–H groups in total. The number of likely N-dealkylation sites (tertiary alicyclic amines) is 1. The van der Waals surface area contributed by atoms with E-state index in [-0.39, 0.29) is 29.8 Å². The van der Waals surface area contributed by atoms with E-state index in [1.54, 1.807) is 0 Å². The molecule has 124 valence electrons. The lowest BCUT2D eigenvalue weighted by Gasteiger charge is -2.18. The van der Waals surface area contributed by atoms with E-state index in [1.807, 2.05) is 0 Å². The summed E-state index contributed by atoms with van der Waals surface area (Å²) in [5.74, 6) is -6.03. The predicted octanol–water partition coefficient (Wildman–Crippen LogP) is 2.05. The zero-order chi connectivity index (χ0) is 15.9. The molecule has 0 spiro atoms. The Kier molecular flexibility index (Phi) is 5.11. The van der Waals surface area contributed by atoms with Gasteiger partial charge in [-0.15, -0.1) is 12.4 Å². The van der Waals surface area contributed by atoms with Crippen LogP contribution >= 0.6 is 12.4 Å². The third kappa shape index (κ3) is 3.34. The molecular formula is C12H14ClF3N2O4. The number of carbonyl (C=O) groups is 2. The number of rotatable bonds is 2. The van der Waals surface area contributed by atoms with E-state index >= 15 is 0 Å². The highest BCUT2D eigenvalue weighted by molar-refractivity contribution is 5.93. The number of carboxylic acid groups (broad SMARTS) is 1. The maximum absolute atomic E-state index is 12.9. The highest BCUT2D eigenvalue weighted by Crippen LogP contribution is 2.38. The number of nitrogens with zero attached hydrogens (tertiary/aromatic N) is 2. The molecule has 1 aromatic rings. The molecule has 6 nitrogen and oxygen atoms in total. The van der Waals surface area contributed by atoms with Crippen LogP contribution in [0.3, 0.4) is 0 Å². The quantitative estimate of drug-likeness (QED) is 0.889. The molecule has 1 amide bonds. The van der Waals surface area contributed by atoms with Gasteiger partial charge in [-0.25, -0.2) is 4.98 Å². The summed E-state index contributed by atoms with van der Waals surface area (Å²) in [7, 11) is 0. The van der Waals surface area contributed by atoms with Crippen molar-refractivity contribution in [3.05, 3.63) is 17.3 Å². The Bertz CT molecular complexity index is 587. The van der Waals surface area contributed by atoms with Crippen LogP contribution in [0.4, 0.5) is 13.2 Å². The SMILES string of the molecule is Cc1nc(C)c(C(=O)N2C[C@@H](C(F)(F)F)[C@H](C(=O)O)C2)o1.Cl. The van der Waals surface area contributed by atoms with E-state index in [0.717, 1.165) is 4.90 Å². The number of amides is 1. The van der Waals surface area contributed by atoms with Crippen molar-refractivity contribution in [3.63, 3.8) is 0 Å². The number of oxazole rings is 1. The maximum Gasteiger partial charge on any atom is 0.394 e. The minimum Gasteiger partial charge on any atom is -0.481 e. The summed E-state index contributed by atoms with van der Waals surface area (Å²) < 4.78 is 43.6. The van der Waals surface area contributed by atoms with Crippen molar-refractivity contribution in [1.29, 1.82) is 0 Å². The van der Waals surface area contributed by atoms with Crippen LogP contribution in [0.1, 0.15) is 22.1 Å². The molecule has 2 atom stereocenters. The van der Waals surface area contributed by atoms with Crippen molar-refractivity contribution in [2.24, 2.45) is 11.8 Å². The van der Waals surface area contributed by atoms with Gasteiger partial charge in [-0.05, 0) is 6.92 Å². The summed E-state index contributed by atoms with van der Waals surface area (Å²) in [6, 6.07) is 0. The van der Waals surface area contributed by atoms with Gasteiger partial charge in [0.15, 0.2) is 5.89 Å². The second kappa shape index (κ2) is 6.15. The Hall–Kier alpha value is -1.77. The number of alkyl halides is 3. The number of aryl methyl sites for hydroxylation is 2. The van der Waals surface area contributed by atoms with E-state index in [4.69, 9.17) is 9.52 Å². The molecule has 2 heterocycles. The first-order chi connectivity index (χ1) is 9.61. The Labute approximate surface area is 129 Å². The van der Waals surface area contributed by atoms with E-state index in [9.17, 15) is 22.8 Å². The lowest BCUT2D eigenvalue weighted by Crippen LogP contribution is -2.34. The molecule has 1 fully saturated rings. The lowest BCUT2D eigenvalue weighted by molar-refractivity contribution is -0.187. The van der Waals surface area contributed by atoms with Gasteiger partial charge in [0.25, 0.3) is 5.91 Å². The van der Waals surface area contributed by atoms with Crippen LogP contribution in [0, 0.1) is 25.7 Å². The number of carbonyl (C=O) groups excluding carboxylic acids is 1. The first-order valence-corrected chi connectivity index (χ1v) is 6.14. The van der Waals surface area contributed by atoms with Crippen LogP contribution in [0.25, 0.3) is 0 Å². The Morgan fingerprint density at radius 3 is 2.27 bits per heavy atom. The van der Waals surface area contributed by atoms with Gasteiger partial charge in [-0.2, -0.15) is 13.2 Å². The summed E-state index contributed by atoms with van der Waals surface area (Å²) in [6.45, 7) is 1.80. The van der Waals surface area contributed by atoms with Crippen molar-refractivity contribution in [3.8, 4) is 0 Å². The number of aromatic nitrogens is 1. The molecular weight excluding hydrogens is 329 g/mol. The van der Waals surface area contributed by atoms with Crippen LogP contribution < -0.4 is 0 Å². The summed E-state index contributed by atoms with van der Waals surface area (Å²) in [6.07, 6.45) is -4.68. The molecule has 2 rings (SSSR count). The largest absolute Gasteiger partial charge is 0.481 e. The molecule has 22 heavy (non-hydrogen) atoms. The van der Waals surface area contributed by atoms with Crippen molar-refractivity contribution < 1.29 is 32.3 Å². The Balaban J connectivity index is 0.00000242. The van der Waals surface area contributed by atoms with Gasteiger partial charge in [0.05, 0.1) is 17.5 Å². The molecule has 0 bridgehead atoms. The molecule has 10 heteroatoms. The van der Waals surface area contributed by atoms with Crippen LogP contribution in [-0.4, -0.2) is 46.1 Å². The molecule has 0 aliphatic carbocycles. The van der Waals surface area contributed by atoms with Crippen molar-refractivity contribution in [1.82, 2.24) is 9.88 Å². The first kappa shape index (κ1) is 18.3. The smallest absolute Gasteiger partial charge is 0.394 e. The third-order valence-electron chi connectivity index (χ3n) is 3.44. The van der Waals surface area contributed by atoms with E-state index in [1.165, 1.54) is 13.8 Å². The number of halogens is 4.